The van der Waals surface area contributed by atoms with Crippen LogP contribution in [0.3, 0.4) is 0 Å². The van der Waals surface area contributed by atoms with Crippen LogP contribution in [0.2, 0.25) is 0 Å². The SMILES string of the molecule is CCCC(N)c1noc(-c2ccon2)n1. The summed E-state index contributed by atoms with van der Waals surface area (Å²) in [6.45, 7) is 2.05. The first-order chi connectivity index (χ1) is 7.31. The van der Waals surface area contributed by atoms with Crippen LogP contribution in [0.4, 0.5) is 0 Å². The second-order valence-electron chi connectivity index (χ2n) is 3.24. The number of hydrogen-bond donors (Lipinski definition) is 1. The molecule has 0 aliphatic rings. The van der Waals surface area contributed by atoms with Crippen molar-refractivity contribution >= 4 is 0 Å². The molecular weight excluding hydrogens is 196 g/mol. The third-order valence-electron chi connectivity index (χ3n) is 2.03. The van der Waals surface area contributed by atoms with Gasteiger partial charge >= 0.3 is 0 Å². The van der Waals surface area contributed by atoms with Crippen molar-refractivity contribution in [3.05, 3.63) is 18.2 Å². The summed E-state index contributed by atoms with van der Waals surface area (Å²) >= 11 is 0. The van der Waals surface area contributed by atoms with E-state index in [0.29, 0.717) is 17.4 Å². The molecule has 0 bridgehead atoms. The second-order valence-corrected chi connectivity index (χ2v) is 3.24. The fraction of sp³-hybridized carbons (Fsp3) is 0.444. The van der Waals surface area contributed by atoms with Gasteiger partial charge < -0.3 is 14.8 Å². The van der Waals surface area contributed by atoms with Gasteiger partial charge in [0.15, 0.2) is 11.5 Å². The van der Waals surface area contributed by atoms with Crippen molar-refractivity contribution in [3.63, 3.8) is 0 Å². The average molecular weight is 208 g/mol. The van der Waals surface area contributed by atoms with Crippen LogP contribution in [0.1, 0.15) is 31.6 Å². The van der Waals surface area contributed by atoms with Crippen LogP contribution in [0.15, 0.2) is 21.4 Å². The molecule has 0 radical (unpaired) electrons. The molecule has 6 heteroatoms. The van der Waals surface area contributed by atoms with E-state index in [0.717, 1.165) is 12.8 Å². The number of rotatable bonds is 4. The van der Waals surface area contributed by atoms with E-state index in [1.807, 2.05) is 0 Å². The van der Waals surface area contributed by atoms with Gasteiger partial charge in [0.05, 0.1) is 6.04 Å². The summed E-state index contributed by atoms with van der Waals surface area (Å²) in [6, 6.07) is 1.47. The first-order valence-electron chi connectivity index (χ1n) is 4.81. The molecule has 1 atom stereocenters. The largest absolute Gasteiger partial charge is 0.364 e. The summed E-state index contributed by atoms with van der Waals surface area (Å²) in [5.41, 5.74) is 6.37. The zero-order valence-electron chi connectivity index (χ0n) is 8.38. The maximum Gasteiger partial charge on any atom is 0.280 e. The molecule has 2 aromatic rings. The molecule has 0 aliphatic heterocycles. The van der Waals surface area contributed by atoms with Gasteiger partial charge in [-0.05, 0) is 6.42 Å². The highest BCUT2D eigenvalue weighted by Gasteiger charge is 2.15. The number of hydrogen-bond acceptors (Lipinski definition) is 6. The van der Waals surface area contributed by atoms with E-state index >= 15 is 0 Å². The van der Waals surface area contributed by atoms with Crippen LogP contribution < -0.4 is 5.73 Å². The summed E-state index contributed by atoms with van der Waals surface area (Å²) in [5.74, 6) is 0.847. The van der Waals surface area contributed by atoms with Crippen LogP contribution in [-0.2, 0) is 0 Å². The lowest BCUT2D eigenvalue weighted by molar-refractivity contribution is 0.397. The second kappa shape index (κ2) is 4.22. The quantitative estimate of drug-likeness (QED) is 0.819. The lowest BCUT2D eigenvalue weighted by Crippen LogP contribution is -2.11. The normalized spacial score (nSPS) is 12.9. The first-order valence-corrected chi connectivity index (χ1v) is 4.81. The molecule has 0 saturated heterocycles. The van der Waals surface area contributed by atoms with Gasteiger partial charge in [0.25, 0.3) is 5.89 Å². The van der Waals surface area contributed by atoms with Crippen molar-refractivity contribution < 1.29 is 9.05 Å². The summed E-state index contributed by atoms with van der Waals surface area (Å²) in [4.78, 5) is 4.15. The monoisotopic (exact) mass is 208 g/mol. The van der Waals surface area contributed by atoms with Crippen LogP contribution in [0, 0.1) is 0 Å². The number of nitrogens with zero attached hydrogens (tertiary/aromatic N) is 3. The van der Waals surface area contributed by atoms with Crippen molar-refractivity contribution in [2.24, 2.45) is 5.73 Å². The Bertz CT molecular complexity index is 409. The van der Waals surface area contributed by atoms with Crippen molar-refractivity contribution in [2.45, 2.75) is 25.8 Å². The molecule has 1 unspecified atom stereocenters. The van der Waals surface area contributed by atoms with Crippen molar-refractivity contribution in [1.29, 1.82) is 0 Å². The summed E-state index contributed by atoms with van der Waals surface area (Å²) in [6.07, 6.45) is 3.26. The molecule has 0 fully saturated rings. The Hall–Kier alpha value is -1.69. The molecule has 2 aromatic heterocycles. The Morgan fingerprint density at radius 3 is 3.00 bits per heavy atom. The highest BCUT2D eigenvalue weighted by atomic mass is 16.5. The van der Waals surface area contributed by atoms with E-state index in [1.54, 1.807) is 6.07 Å². The Morgan fingerprint density at radius 2 is 2.33 bits per heavy atom. The van der Waals surface area contributed by atoms with Gasteiger partial charge in [-0.25, -0.2) is 0 Å². The molecule has 2 heterocycles. The highest BCUT2D eigenvalue weighted by molar-refractivity contribution is 5.43. The Kier molecular flexibility index (Phi) is 2.77. The van der Waals surface area contributed by atoms with Crippen LogP contribution in [-0.4, -0.2) is 15.3 Å². The van der Waals surface area contributed by atoms with E-state index < -0.39 is 0 Å². The van der Waals surface area contributed by atoms with E-state index in [9.17, 15) is 0 Å². The zero-order chi connectivity index (χ0) is 10.7. The third-order valence-corrected chi connectivity index (χ3v) is 2.03. The van der Waals surface area contributed by atoms with Gasteiger partial charge in [0.2, 0.25) is 0 Å². The van der Waals surface area contributed by atoms with Crippen molar-refractivity contribution in [2.75, 3.05) is 0 Å². The summed E-state index contributed by atoms with van der Waals surface area (Å²) in [7, 11) is 0. The average Bonchev–Trinajstić information content (AvgIpc) is 2.89. The molecule has 0 aromatic carbocycles. The van der Waals surface area contributed by atoms with E-state index in [-0.39, 0.29) is 6.04 Å². The smallest absolute Gasteiger partial charge is 0.280 e. The fourth-order valence-electron chi connectivity index (χ4n) is 1.25. The first kappa shape index (κ1) is 9.85. The van der Waals surface area contributed by atoms with E-state index in [1.165, 1.54) is 6.26 Å². The molecule has 6 nitrogen and oxygen atoms in total. The van der Waals surface area contributed by atoms with E-state index in [2.05, 4.69) is 26.7 Å². The molecule has 0 aliphatic carbocycles. The van der Waals surface area contributed by atoms with Crippen LogP contribution in [0.25, 0.3) is 11.6 Å². The number of nitrogens with two attached hydrogens (primary N) is 1. The minimum Gasteiger partial charge on any atom is -0.364 e. The Labute approximate surface area is 86.4 Å². The van der Waals surface area contributed by atoms with Gasteiger partial charge in [-0.1, -0.05) is 23.7 Å². The van der Waals surface area contributed by atoms with Gasteiger partial charge in [0.1, 0.15) is 6.26 Å². The maximum atomic E-state index is 5.84. The molecular formula is C9H12N4O2. The molecule has 0 saturated carbocycles. The van der Waals surface area contributed by atoms with E-state index in [4.69, 9.17) is 10.3 Å². The topological polar surface area (TPSA) is 91.0 Å². The third kappa shape index (κ3) is 2.04. The van der Waals surface area contributed by atoms with Gasteiger partial charge in [0, 0.05) is 6.07 Å². The van der Waals surface area contributed by atoms with Gasteiger partial charge in [-0.15, -0.1) is 0 Å². The van der Waals surface area contributed by atoms with Gasteiger partial charge in [-0.2, -0.15) is 4.98 Å². The lowest BCUT2D eigenvalue weighted by atomic mass is 10.2. The lowest BCUT2D eigenvalue weighted by Gasteiger charge is -2.02. The van der Waals surface area contributed by atoms with Crippen LogP contribution in [0.5, 0.6) is 0 Å². The molecule has 15 heavy (non-hydrogen) atoms. The molecule has 0 amide bonds. The van der Waals surface area contributed by atoms with Crippen molar-refractivity contribution in [1.82, 2.24) is 15.3 Å². The minimum atomic E-state index is -0.181. The minimum absolute atomic E-state index is 0.181. The molecule has 2 N–H and O–H groups in total. The molecule has 80 valence electrons. The highest BCUT2D eigenvalue weighted by Crippen LogP contribution is 2.18. The Morgan fingerprint density at radius 1 is 1.47 bits per heavy atom. The zero-order valence-corrected chi connectivity index (χ0v) is 8.38. The van der Waals surface area contributed by atoms with Crippen LogP contribution >= 0.6 is 0 Å². The number of aromatic nitrogens is 3. The predicted octanol–water partition coefficient (Wildman–Crippen LogP) is 1.52. The fourth-order valence-corrected chi connectivity index (χ4v) is 1.25. The van der Waals surface area contributed by atoms with Crippen molar-refractivity contribution in [3.8, 4) is 11.6 Å². The standard InChI is InChI=1S/C9H12N4O2/c1-2-3-6(10)8-11-9(15-13-8)7-4-5-14-12-7/h4-6H,2-3,10H2,1H3. The predicted molar refractivity (Wildman–Crippen MR) is 51.6 cm³/mol. The molecule has 2 rings (SSSR count). The van der Waals surface area contributed by atoms with Gasteiger partial charge in [-0.3, -0.25) is 0 Å². The maximum absolute atomic E-state index is 5.84. The molecule has 0 spiro atoms. The summed E-state index contributed by atoms with van der Waals surface area (Å²) < 4.78 is 9.69. The Balaban J connectivity index is 2.17. The summed E-state index contributed by atoms with van der Waals surface area (Å²) in [5, 5.41) is 7.49.